The summed E-state index contributed by atoms with van der Waals surface area (Å²) in [5, 5.41) is -0.600. The number of nitrogen functional groups attached to an aromatic ring is 1. The maximum atomic E-state index is 12.5. The summed E-state index contributed by atoms with van der Waals surface area (Å²) in [5.74, 6) is -0.109. The molecule has 0 spiro atoms. The van der Waals surface area contributed by atoms with Crippen LogP contribution < -0.4 is 5.73 Å². The zero-order chi connectivity index (χ0) is 14.6. The van der Waals surface area contributed by atoms with E-state index in [1.54, 1.807) is 30.0 Å². The number of nitrogens with zero attached hydrogens (tertiary/aromatic N) is 1. The first-order valence-electron chi connectivity index (χ1n) is 6.16. The molecule has 0 bridgehead atoms. The van der Waals surface area contributed by atoms with Crippen molar-refractivity contribution in [2.75, 3.05) is 18.8 Å². The van der Waals surface area contributed by atoms with Gasteiger partial charge in [-0.2, -0.15) is 0 Å². The molecule has 1 amide bonds. The van der Waals surface area contributed by atoms with Gasteiger partial charge in [-0.25, -0.2) is 0 Å². The third-order valence-corrected chi connectivity index (χ3v) is 5.06. The molecule has 19 heavy (non-hydrogen) atoms. The third kappa shape index (κ3) is 3.79. The molecule has 0 radical (unpaired) electrons. The van der Waals surface area contributed by atoms with Crippen molar-refractivity contribution >= 4 is 38.3 Å². The number of rotatable bonds is 5. The van der Waals surface area contributed by atoms with Gasteiger partial charge in [0, 0.05) is 23.2 Å². The first-order valence-corrected chi connectivity index (χ1v) is 8.17. The molecule has 0 aliphatic heterocycles. The number of carbonyl (C=O) groups excluding carboxylic acids is 1. The van der Waals surface area contributed by atoms with Crippen molar-refractivity contribution < 1.29 is 9.00 Å². The second-order valence-electron chi connectivity index (χ2n) is 4.13. The van der Waals surface area contributed by atoms with Gasteiger partial charge in [-0.15, -0.1) is 0 Å². The Bertz CT molecular complexity index is 490. The Hall–Kier alpha value is -0.880. The highest BCUT2D eigenvalue weighted by Crippen LogP contribution is 2.24. The van der Waals surface area contributed by atoms with E-state index in [1.807, 2.05) is 13.8 Å². The molecule has 0 saturated heterocycles. The van der Waals surface area contributed by atoms with Crippen LogP contribution in [0.25, 0.3) is 0 Å². The fourth-order valence-electron chi connectivity index (χ4n) is 1.76. The Morgan fingerprint density at radius 3 is 2.53 bits per heavy atom. The number of anilines is 1. The molecular weight excluding hydrogens is 328 g/mol. The van der Waals surface area contributed by atoms with Crippen LogP contribution in [0.2, 0.25) is 0 Å². The van der Waals surface area contributed by atoms with Gasteiger partial charge in [0.05, 0.1) is 15.7 Å². The van der Waals surface area contributed by atoms with Crippen molar-refractivity contribution in [1.29, 1.82) is 0 Å². The first kappa shape index (κ1) is 16.2. The van der Waals surface area contributed by atoms with Crippen molar-refractivity contribution in [1.82, 2.24) is 4.90 Å². The Kier molecular flexibility index (Phi) is 6.00. The molecule has 0 heterocycles. The zero-order valence-corrected chi connectivity index (χ0v) is 13.8. The van der Waals surface area contributed by atoms with Crippen molar-refractivity contribution in [2.45, 2.75) is 30.9 Å². The zero-order valence-electron chi connectivity index (χ0n) is 11.4. The molecule has 4 nitrogen and oxygen atoms in total. The van der Waals surface area contributed by atoms with Gasteiger partial charge in [0.2, 0.25) is 5.91 Å². The van der Waals surface area contributed by atoms with E-state index >= 15 is 0 Å². The summed E-state index contributed by atoms with van der Waals surface area (Å²) in [4.78, 5) is 14.4. The molecule has 2 unspecified atom stereocenters. The summed E-state index contributed by atoms with van der Waals surface area (Å²) in [7, 11) is -1.45. The largest absolute Gasteiger partial charge is 0.398 e. The summed E-state index contributed by atoms with van der Waals surface area (Å²) in [6.07, 6.45) is 0. The summed E-state index contributed by atoms with van der Waals surface area (Å²) in [6, 6.07) is 5.18. The van der Waals surface area contributed by atoms with Gasteiger partial charge < -0.3 is 10.6 Å². The number of benzene rings is 1. The molecular formula is C13H19BrN2O2S. The monoisotopic (exact) mass is 346 g/mol. The van der Waals surface area contributed by atoms with E-state index in [2.05, 4.69) is 15.9 Å². The Balaban J connectivity index is 2.99. The predicted molar refractivity (Wildman–Crippen MR) is 82.4 cm³/mol. The van der Waals surface area contributed by atoms with Gasteiger partial charge in [0.15, 0.2) is 0 Å². The molecule has 0 saturated carbocycles. The third-order valence-electron chi connectivity index (χ3n) is 2.94. The normalized spacial score (nSPS) is 13.9. The lowest BCUT2D eigenvalue weighted by Gasteiger charge is -2.22. The van der Waals surface area contributed by atoms with Gasteiger partial charge in [0.1, 0.15) is 5.25 Å². The lowest BCUT2D eigenvalue weighted by molar-refractivity contribution is -0.129. The number of hydrogen-bond acceptors (Lipinski definition) is 3. The summed E-state index contributed by atoms with van der Waals surface area (Å²) < 4.78 is 13.3. The summed E-state index contributed by atoms with van der Waals surface area (Å²) >= 11 is 3.32. The van der Waals surface area contributed by atoms with Crippen molar-refractivity contribution in [2.24, 2.45) is 0 Å². The number of nitrogens with two attached hydrogens (primary N) is 1. The second-order valence-corrected chi connectivity index (χ2v) is 6.79. The van der Waals surface area contributed by atoms with E-state index < -0.39 is 16.0 Å². The van der Waals surface area contributed by atoms with E-state index in [9.17, 15) is 9.00 Å². The van der Waals surface area contributed by atoms with Crippen LogP contribution in [0.15, 0.2) is 27.6 Å². The lowest BCUT2D eigenvalue weighted by atomic mass is 10.3. The van der Waals surface area contributed by atoms with E-state index in [0.717, 1.165) is 4.47 Å². The van der Waals surface area contributed by atoms with Gasteiger partial charge in [-0.3, -0.25) is 9.00 Å². The van der Waals surface area contributed by atoms with Crippen LogP contribution in [0.3, 0.4) is 0 Å². The van der Waals surface area contributed by atoms with Gasteiger partial charge in [-0.05, 0) is 39.0 Å². The Morgan fingerprint density at radius 1 is 1.42 bits per heavy atom. The first-order chi connectivity index (χ1) is 8.92. The highest BCUT2D eigenvalue weighted by Gasteiger charge is 2.26. The molecule has 2 atom stereocenters. The van der Waals surface area contributed by atoms with Crippen LogP contribution in [0.4, 0.5) is 5.69 Å². The van der Waals surface area contributed by atoms with Crippen LogP contribution in [-0.4, -0.2) is 33.4 Å². The number of hydrogen-bond donors (Lipinski definition) is 1. The quantitative estimate of drug-likeness (QED) is 0.832. The summed E-state index contributed by atoms with van der Waals surface area (Å²) in [5.41, 5.74) is 6.28. The fourth-order valence-corrected chi connectivity index (χ4v) is 3.53. The van der Waals surface area contributed by atoms with Crippen LogP contribution >= 0.6 is 15.9 Å². The number of halogens is 1. The fraction of sp³-hybridized carbons (Fsp3) is 0.462. The molecule has 2 N–H and O–H groups in total. The highest BCUT2D eigenvalue weighted by atomic mass is 79.9. The minimum atomic E-state index is -1.45. The molecule has 106 valence electrons. The van der Waals surface area contributed by atoms with Gasteiger partial charge >= 0.3 is 0 Å². The molecule has 1 aromatic carbocycles. The Labute approximate surface area is 124 Å². The topological polar surface area (TPSA) is 63.4 Å². The Morgan fingerprint density at radius 2 is 2.00 bits per heavy atom. The maximum absolute atomic E-state index is 12.5. The van der Waals surface area contributed by atoms with Gasteiger partial charge in [0.25, 0.3) is 0 Å². The predicted octanol–water partition coefficient (Wildman–Crippen LogP) is 2.40. The molecule has 0 aliphatic carbocycles. The van der Waals surface area contributed by atoms with Crippen LogP contribution in [0.1, 0.15) is 20.8 Å². The molecule has 1 aromatic rings. The number of carbonyl (C=O) groups is 1. The van der Waals surface area contributed by atoms with Crippen LogP contribution in [-0.2, 0) is 15.6 Å². The molecule has 1 rings (SSSR count). The molecule has 0 fully saturated rings. The SMILES string of the molecule is CCN(CC)C(=O)C(C)S(=O)c1cc(Br)ccc1N. The lowest BCUT2D eigenvalue weighted by Crippen LogP contribution is -2.39. The standard InChI is InChI=1S/C13H19BrN2O2S/c1-4-16(5-2)13(17)9(3)19(18)12-8-10(14)6-7-11(12)15/h6-9H,4-5,15H2,1-3H3. The molecule has 0 aromatic heterocycles. The van der Waals surface area contributed by atoms with E-state index in [4.69, 9.17) is 5.73 Å². The van der Waals surface area contributed by atoms with E-state index in [1.165, 1.54) is 0 Å². The molecule has 0 aliphatic rings. The second kappa shape index (κ2) is 7.05. The maximum Gasteiger partial charge on any atom is 0.238 e. The van der Waals surface area contributed by atoms with Crippen molar-refractivity contribution in [3.63, 3.8) is 0 Å². The van der Waals surface area contributed by atoms with Gasteiger partial charge in [-0.1, -0.05) is 15.9 Å². The van der Waals surface area contributed by atoms with E-state index in [-0.39, 0.29) is 5.91 Å². The number of amides is 1. The minimum absolute atomic E-state index is 0.109. The highest BCUT2D eigenvalue weighted by molar-refractivity contribution is 9.10. The molecule has 6 heteroatoms. The minimum Gasteiger partial charge on any atom is -0.398 e. The van der Waals surface area contributed by atoms with E-state index in [0.29, 0.717) is 23.7 Å². The average molecular weight is 347 g/mol. The summed E-state index contributed by atoms with van der Waals surface area (Å²) in [6.45, 7) is 6.72. The van der Waals surface area contributed by atoms with Crippen molar-refractivity contribution in [3.8, 4) is 0 Å². The average Bonchev–Trinajstić information content (AvgIpc) is 2.41. The van der Waals surface area contributed by atoms with Crippen molar-refractivity contribution in [3.05, 3.63) is 22.7 Å². The van der Waals surface area contributed by atoms with Crippen LogP contribution in [0.5, 0.6) is 0 Å². The van der Waals surface area contributed by atoms with Crippen LogP contribution in [0, 0.1) is 0 Å². The smallest absolute Gasteiger partial charge is 0.238 e.